The van der Waals surface area contributed by atoms with Crippen molar-refractivity contribution < 1.29 is 14.4 Å². The first-order chi connectivity index (χ1) is 14.9. The number of imide groups is 1. The van der Waals surface area contributed by atoms with Gasteiger partial charge in [0.15, 0.2) is 0 Å². The Morgan fingerprint density at radius 1 is 1.10 bits per heavy atom. The van der Waals surface area contributed by atoms with E-state index in [-0.39, 0.29) is 35.5 Å². The predicted molar refractivity (Wildman–Crippen MR) is 115 cm³/mol. The largest absolute Gasteiger partial charge is 0.324 e. The quantitative estimate of drug-likeness (QED) is 0.548. The van der Waals surface area contributed by atoms with Gasteiger partial charge in [-0.25, -0.2) is 9.67 Å². The lowest BCUT2D eigenvalue weighted by Gasteiger charge is -2.27. The van der Waals surface area contributed by atoms with Gasteiger partial charge in [-0.05, 0) is 42.9 Å². The zero-order valence-corrected chi connectivity index (χ0v) is 17.8. The molecule has 162 valence electrons. The van der Waals surface area contributed by atoms with Crippen LogP contribution in [0.15, 0.2) is 49.1 Å². The molecule has 0 radical (unpaired) electrons. The number of nitrogens with zero attached hydrogens (tertiary/aromatic N) is 4. The van der Waals surface area contributed by atoms with Crippen molar-refractivity contribution >= 4 is 23.4 Å². The first-order valence-corrected chi connectivity index (χ1v) is 10.7. The van der Waals surface area contributed by atoms with E-state index in [2.05, 4.69) is 15.4 Å². The molecule has 0 spiro atoms. The first kappa shape index (κ1) is 21.0. The van der Waals surface area contributed by atoms with Crippen LogP contribution in [0, 0.1) is 17.8 Å². The summed E-state index contributed by atoms with van der Waals surface area (Å²) in [6.45, 7) is 4.55. The van der Waals surface area contributed by atoms with Crippen molar-refractivity contribution in [2.75, 3.05) is 5.32 Å². The maximum Gasteiger partial charge on any atom is 0.247 e. The van der Waals surface area contributed by atoms with Crippen molar-refractivity contribution in [2.24, 2.45) is 17.8 Å². The molecule has 2 aliphatic rings. The minimum atomic E-state index is -0.805. The van der Waals surface area contributed by atoms with E-state index in [1.807, 2.05) is 50.3 Å². The van der Waals surface area contributed by atoms with Gasteiger partial charge in [0.1, 0.15) is 18.7 Å². The number of anilines is 1. The molecule has 1 aliphatic carbocycles. The smallest absolute Gasteiger partial charge is 0.247 e. The number of likely N-dealkylation sites (tertiary alicyclic amines) is 1. The molecule has 8 nitrogen and oxygen atoms in total. The SMILES string of the molecule is CC(C)CC(C(=O)Nc1ccc(Cn2cncn2)cc1)N1C(=O)C2CC=CCC2C1=O. The Kier molecular flexibility index (Phi) is 5.97. The summed E-state index contributed by atoms with van der Waals surface area (Å²) in [5.74, 6) is -1.29. The highest BCUT2D eigenvalue weighted by Gasteiger charge is 2.51. The van der Waals surface area contributed by atoms with Crippen molar-refractivity contribution in [2.45, 2.75) is 45.7 Å². The Morgan fingerprint density at radius 3 is 2.29 bits per heavy atom. The summed E-state index contributed by atoms with van der Waals surface area (Å²) in [4.78, 5) is 44.3. The number of aromatic nitrogens is 3. The summed E-state index contributed by atoms with van der Waals surface area (Å²) in [6, 6.07) is 6.63. The summed E-state index contributed by atoms with van der Waals surface area (Å²) >= 11 is 0. The summed E-state index contributed by atoms with van der Waals surface area (Å²) in [7, 11) is 0. The number of hydrogen-bond donors (Lipinski definition) is 1. The van der Waals surface area contributed by atoms with Gasteiger partial charge in [0, 0.05) is 5.69 Å². The second-order valence-corrected chi connectivity index (χ2v) is 8.63. The number of benzene rings is 1. The fourth-order valence-electron chi connectivity index (χ4n) is 4.33. The summed E-state index contributed by atoms with van der Waals surface area (Å²) in [5.41, 5.74) is 1.64. The van der Waals surface area contributed by atoms with Gasteiger partial charge in [-0.2, -0.15) is 5.10 Å². The first-order valence-electron chi connectivity index (χ1n) is 10.7. The molecule has 2 aromatic rings. The predicted octanol–water partition coefficient (Wildman–Crippen LogP) is 2.63. The zero-order valence-electron chi connectivity index (χ0n) is 17.8. The number of allylic oxidation sites excluding steroid dienone is 2. The lowest BCUT2D eigenvalue weighted by atomic mass is 9.85. The van der Waals surface area contributed by atoms with Crippen molar-refractivity contribution in [3.05, 3.63) is 54.6 Å². The van der Waals surface area contributed by atoms with Gasteiger partial charge in [-0.15, -0.1) is 0 Å². The zero-order chi connectivity index (χ0) is 22.0. The van der Waals surface area contributed by atoms with E-state index >= 15 is 0 Å². The van der Waals surface area contributed by atoms with E-state index in [1.165, 1.54) is 11.2 Å². The number of carbonyl (C=O) groups is 3. The van der Waals surface area contributed by atoms with Crippen LogP contribution < -0.4 is 5.32 Å². The molecule has 3 atom stereocenters. The number of nitrogens with one attached hydrogen (secondary N) is 1. The van der Waals surface area contributed by atoms with Gasteiger partial charge >= 0.3 is 0 Å². The number of hydrogen-bond acceptors (Lipinski definition) is 5. The van der Waals surface area contributed by atoms with Crippen LogP contribution in [0.2, 0.25) is 0 Å². The van der Waals surface area contributed by atoms with Crippen LogP contribution in [-0.2, 0) is 20.9 Å². The highest BCUT2D eigenvalue weighted by molar-refractivity contribution is 6.10. The maximum absolute atomic E-state index is 13.2. The summed E-state index contributed by atoms with van der Waals surface area (Å²) < 4.78 is 1.71. The van der Waals surface area contributed by atoms with Gasteiger partial charge in [-0.1, -0.05) is 38.1 Å². The van der Waals surface area contributed by atoms with Crippen molar-refractivity contribution in [3.63, 3.8) is 0 Å². The fraction of sp³-hybridized carbons (Fsp3) is 0.435. The Bertz CT molecular complexity index is 955. The minimum absolute atomic E-state index is 0.155. The third kappa shape index (κ3) is 4.42. The van der Waals surface area contributed by atoms with E-state index < -0.39 is 6.04 Å². The molecule has 4 rings (SSSR count). The highest BCUT2D eigenvalue weighted by Crippen LogP contribution is 2.37. The minimum Gasteiger partial charge on any atom is -0.324 e. The Balaban J connectivity index is 1.48. The van der Waals surface area contributed by atoms with E-state index in [4.69, 9.17) is 0 Å². The Hall–Kier alpha value is -3.29. The van der Waals surface area contributed by atoms with Crippen LogP contribution in [-0.4, -0.2) is 43.4 Å². The molecule has 1 aromatic heterocycles. The van der Waals surface area contributed by atoms with Gasteiger partial charge in [0.25, 0.3) is 0 Å². The number of amides is 3. The van der Waals surface area contributed by atoms with Crippen LogP contribution in [0.3, 0.4) is 0 Å². The molecule has 3 unspecified atom stereocenters. The number of fused-ring (bicyclic) bond motifs is 1. The molecule has 1 N–H and O–H groups in total. The van der Waals surface area contributed by atoms with Gasteiger partial charge in [0.2, 0.25) is 17.7 Å². The van der Waals surface area contributed by atoms with Crippen LogP contribution >= 0.6 is 0 Å². The summed E-state index contributed by atoms with van der Waals surface area (Å²) in [5, 5.41) is 6.98. The van der Waals surface area contributed by atoms with Gasteiger partial charge in [-0.3, -0.25) is 19.3 Å². The second kappa shape index (κ2) is 8.83. The molecule has 2 heterocycles. The second-order valence-electron chi connectivity index (χ2n) is 8.63. The average Bonchev–Trinajstić information content (AvgIpc) is 3.35. The van der Waals surface area contributed by atoms with Crippen LogP contribution in [0.1, 0.15) is 38.7 Å². The van der Waals surface area contributed by atoms with E-state index in [9.17, 15) is 14.4 Å². The van der Waals surface area contributed by atoms with Gasteiger partial charge < -0.3 is 5.32 Å². The molecule has 1 aromatic carbocycles. The van der Waals surface area contributed by atoms with Crippen molar-refractivity contribution in [1.82, 2.24) is 19.7 Å². The van der Waals surface area contributed by atoms with Gasteiger partial charge in [0.05, 0.1) is 18.4 Å². The molecular weight excluding hydrogens is 394 g/mol. The molecule has 31 heavy (non-hydrogen) atoms. The molecule has 8 heteroatoms. The molecule has 3 amide bonds. The Morgan fingerprint density at radius 2 is 1.74 bits per heavy atom. The lowest BCUT2D eigenvalue weighted by molar-refractivity contribution is -0.147. The van der Waals surface area contributed by atoms with E-state index in [1.54, 1.807) is 11.0 Å². The van der Waals surface area contributed by atoms with E-state index in [0.29, 0.717) is 31.5 Å². The monoisotopic (exact) mass is 421 g/mol. The van der Waals surface area contributed by atoms with Crippen molar-refractivity contribution in [3.8, 4) is 0 Å². The van der Waals surface area contributed by atoms with Crippen LogP contribution in [0.25, 0.3) is 0 Å². The normalized spacial score (nSPS) is 21.5. The van der Waals surface area contributed by atoms with Crippen LogP contribution in [0.5, 0.6) is 0 Å². The fourth-order valence-corrected chi connectivity index (χ4v) is 4.33. The molecule has 0 saturated carbocycles. The molecule has 1 fully saturated rings. The number of carbonyl (C=O) groups excluding carboxylic acids is 3. The topological polar surface area (TPSA) is 97.2 Å². The van der Waals surface area contributed by atoms with Crippen molar-refractivity contribution in [1.29, 1.82) is 0 Å². The highest BCUT2D eigenvalue weighted by atomic mass is 16.2. The lowest BCUT2D eigenvalue weighted by Crippen LogP contribution is -2.48. The third-order valence-corrected chi connectivity index (χ3v) is 5.88. The van der Waals surface area contributed by atoms with E-state index in [0.717, 1.165) is 5.56 Å². The standard InChI is InChI=1S/C23H27N5O3/c1-15(2)11-20(28-22(30)18-5-3-4-6-19(18)23(28)31)21(29)26-17-9-7-16(8-10-17)12-27-14-24-13-25-27/h3-4,7-10,13-15,18-20H,5-6,11-12H2,1-2H3,(H,26,29). The third-order valence-electron chi connectivity index (χ3n) is 5.88. The molecule has 1 aliphatic heterocycles. The van der Waals surface area contributed by atoms with Crippen LogP contribution in [0.4, 0.5) is 5.69 Å². The maximum atomic E-state index is 13.2. The Labute approximate surface area is 181 Å². The molecule has 1 saturated heterocycles. The average molecular weight is 422 g/mol. The molecule has 0 bridgehead atoms. The summed E-state index contributed by atoms with van der Waals surface area (Å²) in [6.07, 6.45) is 8.59. The molecular formula is C23H27N5O3. The number of rotatable bonds is 7.